The number of amides is 3. The molecule has 1 atom stereocenters. The van der Waals surface area contributed by atoms with Gasteiger partial charge in [0.1, 0.15) is 6.04 Å². The van der Waals surface area contributed by atoms with Crippen molar-refractivity contribution in [3.05, 3.63) is 72.1 Å². The molecule has 1 aromatic heterocycles. The van der Waals surface area contributed by atoms with Crippen molar-refractivity contribution < 1.29 is 9.59 Å². The first-order chi connectivity index (χ1) is 15.9. The fourth-order valence-corrected chi connectivity index (χ4v) is 4.11. The summed E-state index contributed by atoms with van der Waals surface area (Å²) in [6.07, 6.45) is 4.02. The number of hydrogen-bond donors (Lipinski definition) is 2. The minimum Gasteiger partial charge on any atom is -0.334 e. The quantitative estimate of drug-likeness (QED) is 0.585. The van der Waals surface area contributed by atoms with Crippen LogP contribution in [0.4, 0.5) is 10.5 Å². The second-order valence-corrected chi connectivity index (χ2v) is 8.62. The number of aryl methyl sites for hydroxylation is 1. The molecule has 0 aliphatic carbocycles. The number of nitrogens with zero attached hydrogens (tertiary/aromatic N) is 4. The van der Waals surface area contributed by atoms with Crippen LogP contribution in [0.15, 0.2) is 60.9 Å². The molecule has 1 aliphatic rings. The SMILES string of the molecule is CN(C)Cc1ccc(-c2ccccc2CNC(=O)NC2CCN(c3cnn(C)c3)C2=O)cc1. The van der Waals surface area contributed by atoms with Gasteiger partial charge < -0.3 is 20.4 Å². The van der Waals surface area contributed by atoms with Crippen LogP contribution in [0.5, 0.6) is 0 Å². The van der Waals surface area contributed by atoms with Crippen molar-refractivity contribution in [1.82, 2.24) is 25.3 Å². The summed E-state index contributed by atoms with van der Waals surface area (Å²) in [7, 11) is 5.91. The summed E-state index contributed by atoms with van der Waals surface area (Å²) >= 11 is 0. The van der Waals surface area contributed by atoms with Gasteiger partial charge in [-0.3, -0.25) is 9.48 Å². The molecule has 0 radical (unpaired) electrons. The number of benzene rings is 2. The molecular formula is C25H30N6O2. The van der Waals surface area contributed by atoms with Crippen LogP contribution >= 0.6 is 0 Å². The standard InChI is InChI=1S/C25H30N6O2/c1-29(2)16-18-8-10-19(11-9-18)22-7-5-4-6-20(22)14-26-25(33)28-23-12-13-31(24(23)32)21-15-27-30(3)17-21/h4-11,15,17,23H,12-14,16H2,1-3H3,(H2,26,28,33). The van der Waals surface area contributed by atoms with Gasteiger partial charge in [0.25, 0.3) is 0 Å². The molecule has 2 aromatic carbocycles. The van der Waals surface area contributed by atoms with Crippen molar-refractivity contribution in [2.24, 2.45) is 7.05 Å². The van der Waals surface area contributed by atoms with Gasteiger partial charge in [-0.05, 0) is 42.8 Å². The Morgan fingerprint density at radius 3 is 2.61 bits per heavy atom. The van der Waals surface area contributed by atoms with Crippen LogP contribution in [0.3, 0.4) is 0 Å². The van der Waals surface area contributed by atoms with E-state index in [9.17, 15) is 9.59 Å². The van der Waals surface area contributed by atoms with Crippen molar-refractivity contribution in [3.8, 4) is 11.1 Å². The zero-order valence-corrected chi connectivity index (χ0v) is 19.3. The maximum absolute atomic E-state index is 12.7. The van der Waals surface area contributed by atoms with Crippen LogP contribution < -0.4 is 15.5 Å². The lowest BCUT2D eigenvalue weighted by Gasteiger charge is -2.16. The predicted molar refractivity (Wildman–Crippen MR) is 129 cm³/mol. The van der Waals surface area contributed by atoms with Gasteiger partial charge in [0.2, 0.25) is 5.91 Å². The summed E-state index contributed by atoms with van der Waals surface area (Å²) in [6, 6.07) is 15.6. The summed E-state index contributed by atoms with van der Waals surface area (Å²) in [4.78, 5) is 29.0. The highest BCUT2D eigenvalue weighted by molar-refractivity contribution is 6.01. The van der Waals surface area contributed by atoms with Crippen LogP contribution in [0.1, 0.15) is 17.5 Å². The molecule has 0 saturated carbocycles. The van der Waals surface area contributed by atoms with Crippen molar-refractivity contribution in [2.45, 2.75) is 25.6 Å². The Morgan fingerprint density at radius 2 is 1.91 bits per heavy atom. The molecule has 1 fully saturated rings. The minimum absolute atomic E-state index is 0.114. The first-order valence-electron chi connectivity index (χ1n) is 11.1. The van der Waals surface area contributed by atoms with Crippen LogP contribution in [-0.4, -0.2) is 53.3 Å². The highest BCUT2D eigenvalue weighted by atomic mass is 16.2. The van der Waals surface area contributed by atoms with E-state index in [2.05, 4.69) is 65.1 Å². The van der Waals surface area contributed by atoms with Gasteiger partial charge in [0, 0.05) is 32.9 Å². The number of carbonyl (C=O) groups is 2. The third-order valence-electron chi connectivity index (χ3n) is 5.73. The average molecular weight is 447 g/mol. The van der Waals surface area contributed by atoms with Crippen molar-refractivity contribution in [1.29, 1.82) is 0 Å². The summed E-state index contributed by atoms with van der Waals surface area (Å²) in [5.41, 5.74) is 5.20. The number of anilines is 1. The molecule has 33 heavy (non-hydrogen) atoms. The second-order valence-electron chi connectivity index (χ2n) is 8.62. The van der Waals surface area contributed by atoms with E-state index in [1.165, 1.54) is 5.56 Å². The third-order valence-corrected chi connectivity index (χ3v) is 5.73. The zero-order valence-electron chi connectivity index (χ0n) is 19.3. The Bertz CT molecular complexity index is 1120. The highest BCUT2D eigenvalue weighted by Crippen LogP contribution is 2.24. The number of hydrogen-bond acceptors (Lipinski definition) is 4. The zero-order chi connectivity index (χ0) is 23.4. The molecule has 4 rings (SSSR count). The maximum atomic E-state index is 12.7. The largest absolute Gasteiger partial charge is 0.334 e. The second kappa shape index (κ2) is 9.87. The monoisotopic (exact) mass is 446 g/mol. The van der Waals surface area contributed by atoms with E-state index in [-0.39, 0.29) is 11.9 Å². The first-order valence-corrected chi connectivity index (χ1v) is 11.1. The summed E-state index contributed by atoms with van der Waals surface area (Å²) in [5, 5.41) is 9.84. The molecule has 1 saturated heterocycles. The molecule has 0 spiro atoms. The molecular weight excluding hydrogens is 416 g/mol. The fraction of sp³-hybridized carbons (Fsp3) is 0.320. The van der Waals surface area contributed by atoms with E-state index in [0.717, 1.165) is 28.9 Å². The number of urea groups is 1. The van der Waals surface area contributed by atoms with Gasteiger partial charge in [-0.15, -0.1) is 0 Å². The molecule has 3 amide bonds. The summed E-state index contributed by atoms with van der Waals surface area (Å²) < 4.78 is 1.66. The minimum atomic E-state index is -0.537. The van der Waals surface area contributed by atoms with Crippen molar-refractivity contribution in [2.75, 3.05) is 25.5 Å². The van der Waals surface area contributed by atoms with Crippen LogP contribution in [0.2, 0.25) is 0 Å². The van der Waals surface area contributed by atoms with Gasteiger partial charge in [-0.1, -0.05) is 48.5 Å². The van der Waals surface area contributed by atoms with E-state index in [4.69, 9.17) is 0 Å². The lowest BCUT2D eigenvalue weighted by atomic mass is 9.98. The maximum Gasteiger partial charge on any atom is 0.315 e. The van der Waals surface area contributed by atoms with Crippen LogP contribution in [-0.2, 0) is 24.9 Å². The Hall–Kier alpha value is -3.65. The first kappa shape index (κ1) is 22.5. The Morgan fingerprint density at radius 1 is 1.15 bits per heavy atom. The van der Waals surface area contributed by atoms with Gasteiger partial charge in [-0.25, -0.2) is 4.79 Å². The average Bonchev–Trinajstić information content (AvgIpc) is 3.38. The summed E-state index contributed by atoms with van der Waals surface area (Å²) in [5.74, 6) is -0.114. The lowest BCUT2D eigenvalue weighted by Crippen LogP contribution is -2.45. The topological polar surface area (TPSA) is 82.5 Å². The normalized spacial score (nSPS) is 15.8. The third kappa shape index (κ3) is 5.40. The molecule has 1 unspecified atom stereocenters. The van der Waals surface area contributed by atoms with E-state index in [0.29, 0.717) is 19.5 Å². The number of nitrogens with one attached hydrogen (secondary N) is 2. The van der Waals surface area contributed by atoms with E-state index in [1.807, 2.05) is 25.2 Å². The fourth-order valence-electron chi connectivity index (χ4n) is 4.11. The number of carbonyl (C=O) groups excluding carboxylic acids is 2. The molecule has 3 aromatic rings. The predicted octanol–water partition coefficient (Wildman–Crippen LogP) is 2.75. The molecule has 2 heterocycles. The Labute approximate surface area is 194 Å². The Kier molecular flexibility index (Phi) is 6.74. The van der Waals surface area contributed by atoms with Crippen LogP contribution in [0, 0.1) is 0 Å². The van der Waals surface area contributed by atoms with Gasteiger partial charge in [0.05, 0.1) is 11.9 Å². The van der Waals surface area contributed by atoms with Crippen molar-refractivity contribution in [3.63, 3.8) is 0 Å². The lowest BCUT2D eigenvalue weighted by molar-refractivity contribution is -0.118. The Balaban J connectivity index is 1.36. The van der Waals surface area contributed by atoms with Crippen LogP contribution in [0.25, 0.3) is 11.1 Å². The van der Waals surface area contributed by atoms with E-state index >= 15 is 0 Å². The number of rotatable bonds is 7. The molecule has 2 N–H and O–H groups in total. The highest BCUT2D eigenvalue weighted by Gasteiger charge is 2.34. The molecule has 8 nitrogen and oxygen atoms in total. The molecule has 172 valence electrons. The van der Waals surface area contributed by atoms with E-state index < -0.39 is 6.04 Å². The molecule has 1 aliphatic heterocycles. The van der Waals surface area contributed by atoms with Gasteiger partial charge in [0.15, 0.2) is 0 Å². The molecule has 0 bridgehead atoms. The summed E-state index contributed by atoms with van der Waals surface area (Å²) in [6.45, 7) is 1.82. The van der Waals surface area contributed by atoms with Crippen molar-refractivity contribution >= 4 is 17.6 Å². The molecule has 8 heteroatoms. The van der Waals surface area contributed by atoms with Gasteiger partial charge >= 0.3 is 6.03 Å². The smallest absolute Gasteiger partial charge is 0.315 e. The van der Waals surface area contributed by atoms with E-state index in [1.54, 1.807) is 22.0 Å². The number of aromatic nitrogens is 2. The van der Waals surface area contributed by atoms with Gasteiger partial charge in [-0.2, -0.15) is 5.10 Å².